The molecule has 1 aromatic heterocycles. The van der Waals surface area contributed by atoms with Crippen molar-refractivity contribution in [2.24, 2.45) is 0 Å². The van der Waals surface area contributed by atoms with Crippen molar-refractivity contribution in [2.45, 2.75) is 13.2 Å². The molecule has 4 aromatic rings. The molecule has 3 aromatic carbocycles. The molecule has 32 heavy (non-hydrogen) atoms. The molecule has 1 N–H and O–H groups in total. The van der Waals surface area contributed by atoms with Crippen molar-refractivity contribution in [3.63, 3.8) is 0 Å². The number of halogens is 4. The molecule has 0 aliphatic heterocycles. The summed E-state index contributed by atoms with van der Waals surface area (Å²) in [7, 11) is 0. The third-order valence-electron chi connectivity index (χ3n) is 4.82. The van der Waals surface area contributed by atoms with Crippen LogP contribution in [0.2, 0.25) is 5.02 Å². The van der Waals surface area contributed by atoms with E-state index in [4.69, 9.17) is 26.2 Å². The molecule has 0 atom stereocenters. The Balaban J connectivity index is 1.68. The second-order valence-corrected chi connectivity index (χ2v) is 8.16. The molecule has 0 amide bonds. The van der Waals surface area contributed by atoms with Crippen molar-refractivity contribution in [3.8, 4) is 11.5 Å². The van der Waals surface area contributed by atoms with Gasteiger partial charge in [0.25, 0.3) is 0 Å². The van der Waals surface area contributed by atoms with Gasteiger partial charge >= 0.3 is 6.16 Å². The average molecular weight is 523 g/mol. The number of carboxylic acid groups (broad SMARTS) is 1. The largest absolute Gasteiger partial charge is 0.511 e. The van der Waals surface area contributed by atoms with Gasteiger partial charge in [0.15, 0.2) is 0 Å². The fourth-order valence-electron chi connectivity index (χ4n) is 3.41. The highest BCUT2D eigenvalue weighted by atomic mass is 79.9. The van der Waals surface area contributed by atoms with Crippen LogP contribution in [0, 0.1) is 11.6 Å². The Morgan fingerprint density at radius 2 is 1.81 bits per heavy atom. The van der Waals surface area contributed by atoms with Gasteiger partial charge in [-0.1, -0.05) is 23.7 Å². The summed E-state index contributed by atoms with van der Waals surface area (Å²) in [5.74, 6) is -0.789. The molecular weight excluding hydrogens is 508 g/mol. The van der Waals surface area contributed by atoms with Crippen molar-refractivity contribution in [3.05, 3.63) is 93.1 Å². The van der Waals surface area contributed by atoms with Crippen LogP contribution in [0.25, 0.3) is 10.9 Å². The predicted molar refractivity (Wildman–Crippen MR) is 120 cm³/mol. The minimum absolute atomic E-state index is 0.179. The van der Waals surface area contributed by atoms with E-state index >= 15 is 0 Å². The number of carbonyl (C=O) groups is 1. The molecule has 0 saturated carbocycles. The fraction of sp³-hybridized carbons (Fsp3) is 0.0870. The Labute approximate surface area is 194 Å². The first kappa shape index (κ1) is 22.1. The van der Waals surface area contributed by atoms with Gasteiger partial charge in [-0.3, -0.25) is 0 Å². The highest BCUT2D eigenvalue weighted by molar-refractivity contribution is 9.10. The summed E-state index contributed by atoms with van der Waals surface area (Å²) >= 11 is 9.64. The molecule has 1 heterocycles. The lowest BCUT2D eigenvalue weighted by molar-refractivity contribution is 0.145. The van der Waals surface area contributed by atoms with E-state index in [1.54, 1.807) is 36.5 Å². The molecule has 0 bridgehead atoms. The maximum atomic E-state index is 14.0. The number of rotatable bonds is 6. The van der Waals surface area contributed by atoms with Gasteiger partial charge in [0.05, 0.1) is 22.1 Å². The van der Waals surface area contributed by atoms with Crippen molar-refractivity contribution in [2.75, 3.05) is 0 Å². The van der Waals surface area contributed by atoms with Gasteiger partial charge in [0.2, 0.25) is 0 Å². The second-order valence-electron chi connectivity index (χ2n) is 6.87. The van der Waals surface area contributed by atoms with E-state index in [9.17, 15) is 13.6 Å². The first-order valence-corrected chi connectivity index (χ1v) is 10.5. The van der Waals surface area contributed by atoms with E-state index in [0.717, 1.165) is 5.52 Å². The number of aromatic nitrogens is 1. The molecule has 5 nitrogen and oxygen atoms in total. The molecular formula is C23H15BrClF2NO4. The van der Waals surface area contributed by atoms with Crippen LogP contribution in [0.15, 0.2) is 65.3 Å². The van der Waals surface area contributed by atoms with Crippen LogP contribution in [-0.4, -0.2) is 15.8 Å². The van der Waals surface area contributed by atoms with Crippen LogP contribution < -0.4 is 9.47 Å². The molecule has 0 unspecified atom stereocenters. The Bertz CT molecular complexity index is 1300. The third-order valence-corrected chi connectivity index (χ3v) is 5.63. The Hall–Kier alpha value is -3.10. The summed E-state index contributed by atoms with van der Waals surface area (Å²) in [5.41, 5.74) is 1.20. The zero-order chi connectivity index (χ0) is 22.8. The van der Waals surface area contributed by atoms with Gasteiger partial charge in [0, 0.05) is 22.2 Å². The number of ether oxygens (including phenoxy) is 2. The summed E-state index contributed by atoms with van der Waals surface area (Å²) in [6.07, 6.45) is 0.370. The maximum Gasteiger partial charge on any atom is 0.511 e. The number of hydrogen-bond acceptors (Lipinski definition) is 3. The van der Waals surface area contributed by atoms with E-state index in [1.165, 1.54) is 18.2 Å². The van der Waals surface area contributed by atoms with Gasteiger partial charge < -0.3 is 19.1 Å². The van der Waals surface area contributed by atoms with Crippen LogP contribution in [0.3, 0.4) is 0 Å². The minimum atomic E-state index is -1.40. The SMILES string of the molecule is O=C(O)Oc1cccc2c1ccn2Cc1cc(Cl)cc(Br)c1OCc1c(F)cccc1F. The summed E-state index contributed by atoms with van der Waals surface area (Å²) in [6, 6.07) is 13.8. The van der Waals surface area contributed by atoms with Crippen LogP contribution >= 0.6 is 27.5 Å². The minimum Gasteiger partial charge on any atom is -0.487 e. The highest BCUT2D eigenvalue weighted by Gasteiger charge is 2.16. The lowest BCUT2D eigenvalue weighted by Gasteiger charge is -2.16. The van der Waals surface area contributed by atoms with Crippen molar-refractivity contribution >= 4 is 44.6 Å². The quantitative estimate of drug-likeness (QED) is 0.218. The topological polar surface area (TPSA) is 60.7 Å². The van der Waals surface area contributed by atoms with E-state index in [-0.39, 0.29) is 17.9 Å². The number of hydrogen-bond donors (Lipinski definition) is 1. The van der Waals surface area contributed by atoms with Crippen molar-refractivity contribution in [1.82, 2.24) is 4.57 Å². The average Bonchev–Trinajstić information content (AvgIpc) is 3.12. The van der Waals surface area contributed by atoms with Gasteiger partial charge in [-0.05, 0) is 58.4 Å². The summed E-state index contributed by atoms with van der Waals surface area (Å²) in [4.78, 5) is 10.9. The molecule has 0 saturated heterocycles. The van der Waals surface area contributed by atoms with Crippen molar-refractivity contribution in [1.29, 1.82) is 0 Å². The second kappa shape index (κ2) is 9.18. The van der Waals surface area contributed by atoms with Gasteiger partial charge in [-0.2, -0.15) is 0 Å². The molecule has 0 radical (unpaired) electrons. The molecule has 0 aliphatic rings. The number of nitrogens with zero attached hydrogens (tertiary/aromatic N) is 1. The number of fused-ring (bicyclic) bond motifs is 1. The highest BCUT2D eigenvalue weighted by Crippen LogP contribution is 2.35. The normalized spacial score (nSPS) is 11.0. The Kier molecular flexibility index (Phi) is 6.34. The fourth-order valence-corrected chi connectivity index (χ4v) is 4.40. The molecule has 0 spiro atoms. The standard InChI is InChI=1S/C23H15BrClF2NO4/c24-17-10-14(25)9-13(22(17)31-12-16-18(26)3-1-4-19(16)27)11-28-8-7-15-20(28)5-2-6-21(15)32-23(29)30/h1-10H,11-12H2,(H,29,30). The van der Waals surface area contributed by atoms with Gasteiger partial charge in [0.1, 0.15) is 29.7 Å². The zero-order valence-corrected chi connectivity index (χ0v) is 18.7. The van der Waals surface area contributed by atoms with Gasteiger partial charge in [-0.25, -0.2) is 13.6 Å². The first-order valence-electron chi connectivity index (χ1n) is 9.35. The van der Waals surface area contributed by atoms with Crippen LogP contribution in [0.4, 0.5) is 13.6 Å². The van der Waals surface area contributed by atoms with Crippen LogP contribution in [0.5, 0.6) is 11.5 Å². The lowest BCUT2D eigenvalue weighted by atomic mass is 10.1. The molecule has 0 fully saturated rings. The van der Waals surface area contributed by atoms with E-state index in [1.807, 2.05) is 10.6 Å². The third kappa shape index (κ3) is 4.56. The van der Waals surface area contributed by atoms with Crippen molar-refractivity contribution < 1.29 is 28.2 Å². The zero-order valence-electron chi connectivity index (χ0n) is 16.3. The molecule has 9 heteroatoms. The number of benzene rings is 3. The summed E-state index contributed by atoms with van der Waals surface area (Å²) < 4.78 is 41.1. The maximum absolute atomic E-state index is 14.0. The molecule has 0 aliphatic carbocycles. The Morgan fingerprint density at radius 1 is 1.09 bits per heavy atom. The van der Waals surface area contributed by atoms with Crippen LogP contribution in [0.1, 0.15) is 11.1 Å². The first-order chi connectivity index (χ1) is 15.3. The van der Waals surface area contributed by atoms with Gasteiger partial charge in [-0.15, -0.1) is 0 Å². The van der Waals surface area contributed by atoms with Crippen LogP contribution in [-0.2, 0) is 13.2 Å². The summed E-state index contributed by atoms with van der Waals surface area (Å²) in [5, 5.41) is 10.0. The predicted octanol–water partition coefficient (Wildman–Crippen LogP) is 7.02. The summed E-state index contributed by atoms with van der Waals surface area (Å²) in [6.45, 7) is -0.0109. The smallest absolute Gasteiger partial charge is 0.487 e. The van der Waals surface area contributed by atoms with E-state index in [0.29, 0.717) is 32.7 Å². The Morgan fingerprint density at radius 3 is 2.53 bits per heavy atom. The molecule has 164 valence electrons. The van der Waals surface area contributed by atoms with E-state index < -0.39 is 17.8 Å². The molecule has 4 rings (SSSR count). The van der Waals surface area contributed by atoms with E-state index in [2.05, 4.69) is 15.9 Å². The monoisotopic (exact) mass is 521 g/mol. The lowest BCUT2D eigenvalue weighted by Crippen LogP contribution is -2.06.